The Morgan fingerprint density at radius 3 is 2.26 bits per heavy atom. The molecule has 0 radical (unpaired) electrons. The quantitative estimate of drug-likeness (QED) is 0.808. The summed E-state index contributed by atoms with van der Waals surface area (Å²) >= 11 is 0. The summed E-state index contributed by atoms with van der Waals surface area (Å²) in [5.41, 5.74) is -1.22. The Morgan fingerprint density at radius 1 is 1.07 bits per heavy atom. The van der Waals surface area contributed by atoms with Gasteiger partial charge in [0.15, 0.2) is 17.9 Å². The zero-order valence-electron chi connectivity index (χ0n) is 14.5. The van der Waals surface area contributed by atoms with Crippen molar-refractivity contribution < 1.29 is 23.4 Å². The molecule has 0 bridgehead atoms. The van der Waals surface area contributed by atoms with E-state index in [0.29, 0.717) is 5.69 Å². The highest BCUT2D eigenvalue weighted by molar-refractivity contribution is 6.03. The predicted octanol–water partition coefficient (Wildman–Crippen LogP) is 3.09. The zero-order valence-corrected chi connectivity index (χ0v) is 14.5. The molecule has 0 amide bonds. The number of hydrogen-bond donors (Lipinski definition) is 2. The summed E-state index contributed by atoms with van der Waals surface area (Å²) in [5, 5.41) is 35.5. The Labute approximate surface area is 153 Å². The Morgan fingerprint density at radius 2 is 1.67 bits per heavy atom. The topological polar surface area (TPSA) is 79.8 Å². The van der Waals surface area contributed by atoms with Gasteiger partial charge < -0.3 is 10.2 Å². The number of nitriles is 1. The molecule has 1 aliphatic heterocycles. The molecule has 3 rings (SSSR count). The van der Waals surface area contributed by atoms with Crippen LogP contribution < -0.4 is 5.01 Å². The Bertz CT molecular complexity index is 928. The summed E-state index contributed by atoms with van der Waals surface area (Å²) in [6, 6.07) is 10.0. The van der Waals surface area contributed by atoms with Crippen molar-refractivity contribution in [3.8, 4) is 6.07 Å². The summed E-state index contributed by atoms with van der Waals surface area (Å²) in [7, 11) is 0. The molecule has 0 spiro atoms. The first-order chi connectivity index (χ1) is 12.8. The average molecular weight is 375 g/mol. The first-order valence-corrected chi connectivity index (χ1v) is 8.12. The molecule has 2 aromatic rings. The molecule has 0 saturated heterocycles. The highest BCUT2D eigenvalue weighted by Crippen LogP contribution is 2.38. The fourth-order valence-corrected chi connectivity index (χ4v) is 3.09. The molecule has 27 heavy (non-hydrogen) atoms. The van der Waals surface area contributed by atoms with Crippen LogP contribution in [-0.2, 0) is 0 Å². The van der Waals surface area contributed by atoms with Crippen LogP contribution in [0.3, 0.4) is 0 Å². The minimum Gasteiger partial charge on any atom is -0.387 e. The number of anilines is 1. The summed E-state index contributed by atoms with van der Waals surface area (Å²) in [4.78, 5) is 0. The smallest absolute Gasteiger partial charge is 0.167 e. The van der Waals surface area contributed by atoms with Gasteiger partial charge in [0.05, 0.1) is 23.3 Å². The summed E-state index contributed by atoms with van der Waals surface area (Å²) in [6.45, 7) is 2.47. The third-order valence-corrected chi connectivity index (χ3v) is 4.76. The normalized spacial score (nSPS) is 20.4. The lowest BCUT2D eigenvalue weighted by molar-refractivity contribution is 0.0489. The standard InChI is InChI=1S/C19H16F3N3O2/c1-9-10(2)16(21)17(22)14(15(9)20)18(26)13-12(8-23)24-25(19(13)27)11-6-4-3-5-7-11/h3-7,13,18-19,26-27H,1-2H3. The van der Waals surface area contributed by atoms with E-state index in [-0.39, 0.29) is 16.8 Å². The lowest BCUT2D eigenvalue weighted by Gasteiger charge is -2.27. The molecule has 5 nitrogen and oxygen atoms in total. The fraction of sp³-hybridized carbons (Fsp3) is 0.263. The highest BCUT2D eigenvalue weighted by atomic mass is 19.2. The molecule has 0 aliphatic carbocycles. The van der Waals surface area contributed by atoms with Gasteiger partial charge in [0.1, 0.15) is 17.6 Å². The predicted molar refractivity (Wildman–Crippen MR) is 92.2 cm³/mol. The minimum absolute atomic E-state index is 0.161. The average Bonchev–Trinajstić information content (AvgIpc) is 3.02. The van der Waals surface area contributed by atoms with Crippen molar-refractivity contribution in [3.63, 3.8) is 0 Å². The molecule has 8 heteroatoms. The van der Waals surface area contributed by atoms with Crippen molar-refractivity contribution in [2.45, 2.75) is 26.2 Å². The zero-order chi connectivity index (χ0) is 19.9. The van der Waals surface area contributed by atoms with Gasteiger partial charge >= 0.3 is 0 Å². The third kappa shape index (κ3) is 2.95. The van der Waals surface area contributed by atoms with E-state index in [1.807, 2.05) is 0 Å². The summed E-state index contributed by atoms with van der Waals surface area (Å²) in [5.74, 6) is -5.42. The molecule has 1 aliphatic rings. The van der Waals surface area contributed by atoms with E-state index in [0.717, 1.165) is 5.01 Å². The van der Waals surface area contributed by atoms with E-state index < -0.39 is 41.3 Å². The van der Waals surface area contributed by atoms with Crippen LogP contribution in [0.25, 0.3) is 0 Å². The maximum absolute atomic E-state index is 14.6. The molecule has 1 heterocycles. The Balaban J connectivity index is 2.07. The summed E-state index contributed by atoms with van der Waals surface area (Å²) < 4.78 is 43.1. The van der Waals surface area contributed by atoms with Crippen molar-refractivity contribution in [1.29, 1.82) is 5.26 Å². The van der Waals surface area contributed by atoms with Crippen LogP contribution in [-0.4, -0.2) is 22.2 Å². The van der Waals surface area contributed by atoms with Crippen LogP contribution in [0.2, 0.25) is 0 Å². The molecule has 3 unspecified atom stereocenters. The largest absolute Gasteiger partial charge is 0.387 e. The lowest BCUT2D eigenvalue weighted by Crippen LogP contribution is -2.37. The molecule has 2 N–H and O–H groups in total. The highest BCUT2D eigenvalue weighted by Gasteiger charge is 2.44. The number of aliphatic hydroxyl groups excluding tert-OH is 2. The molecule has 2 aromatic carbocycles. The van der Waals surface area contributed by atoms with Crippen molar-refractivity contribution in [2.24, 2.45) is 11.0 Å². The van der Waals surface area contributed by atoms with Gasteiger partial charge in [0, 0.05) is 0 Å². The van der Waals surface area contributed by atoms with Gasteiger partial charge in [-0.05, 0) is 37.1 Å². The van der Waals surface area contributed by atoms with Crippen LogP contribution in [0.5, 0.6) is 0 Å². The van der Waals surface area contributed by atoms with Crippen LogP contribution >= 0.6 is 0 Å². The van der Waals surface area contributed by atoms with Crippen molar-refractivity contribution in [1.82, 2.24) is 0 Å². The monoisotopic (exact) mass is 375 g/mol. The number of hydrogen-bond acceptors (Lipinski definition) is 5. The van der Waals surface area contributed by atoms with Gasteiger partial charge in [0.2, 0.25) is 0 Å². The second kappa shape index (κ2) is 7.02. The Hall–Kier alpha value is -2.89. The molecule has 3 atom stereocenters. The molecule has 0 saturated carbocycles. The van der Waals surface area contributed by atoms with E-state index in [1.54, 1.807) is 36.4 Å². The number of hydrazone groups is 1. The van der Waals surface area contributed by atoms with Gasteiger partial charge in [-0.15, -0.1) is 0 Å². The SMILES string of the molecule is Cc1c(C)c(F)c(C(O)C2C(C#N)=NN(c3ccccc3)C2O)c(F)c1F. The third-order valence-electron chi connectivity index (χ3n) is 4.76. The maximum atomic E-state index is 14.6. The number of halogens is 3. The fourth-order valence-electron chi connectivity index (χ4n) is 3.09. The second-order valence-corrected chi connectivity index (χ2v) is 6.27. The molecular weight excluding hydrogens is 359 g/mol. The molecular formula is C19H16F3N3O2. The number of benzene rings is 2. The van der Waals surface area contributed by atoms with E-state index >= 15 is 0 Å². The number of rotatable bonds is 3. The Kier molecular flexibility index (Phi) is 4.91. The van der Waals surface area contributed by atoms with Gasteiger partial charge in [-0.2, -0.15) is 10.4 Å². The van der Waals surface area contributed by atoms with Crippen LogP contribution in [0, 0.1) is 48.5 Å². The maximum Gasteiger partial charge on any atom is 0.167 e. The molecule has 0 fully saturated rings. The van der Waals surface area contributed by atoms with E-state index in [1.165, 1.54) is 13.8 Å². The van der Waals surface area contributed by atoms with Crippen molar-refractivity contribution in [2.75, 3.05) is 5.01 Å². The van der Waals surface area contributed by atoms with Crippen LogP contribution in [0.15, 0.2) is 35.4 Å². The van der Waals surface area contributed by atoms with Gasteiger partial charge in [-0.1, -0.05) is 18.2 Å². The van der Waals surface area contributed by atoms with E-state index in [2.05, 4.69) is 5.10 Å². The van der Waals surface area contributed by atoms with Gasteiger partial charge in [-0.3, -0.25) is 0 Å². The van der Waals surface area contributed by atoms with Crippen LogP contribution in [0.4, 0.5) is 18.9 Å². The number of aliphatic hydroxyl groups is 2. The van der Waals surface area contributed by atoms with Gasteiger partial charge in [0.25, 0.3) is 0 Å². The van der Waals surface area contributed by atoms with Crippen molar-refractivity contribution in [3.05, 3.63) is 64.5 Å². The number of nitrogens with zero attached hydrogens (tertiary/aromatic N) is 3. The second-order valence-electron chi connectivity index (χ2n) is 6.27. The van der Waals surface area contributed by atoms with E-state index in [4.69, 9.17) is 0 Å². The first kappa shape index (κ1) is 18.9. The molecule has 0 aromatic heterocycles. The first-order valence-electron chi connectivity index (χ1n) is 8.12. The lowest BCUT2D eigenvalue weighted by atomic mass is 9.88. The van der Waals surface area contributed by atoms with Crippen molar-refractivity contribution >= 4 is 11.4 Å². The van der Waals surface area contributed by atoms with Crippen LogP contribution in [0.1, 0.15) is 22.8 Å². The number of para-hydroxylation sites is 1. The van der Waals surface area contributed by atoms with E-state index in [9.17, 15) is 28.6 Å². The van der Waals surface area contributed by atoms with Gasteiger partial charge in [-0.25, -0.2) is 18.2 Å². The summed E-state index contributed by atoms with van der Waals surface area (Å²) in [6.07, 6.45) is -3.58. The minimum atomic E-state index is -2.01. The molecule has 140 valence electrons.